The average Bonchev–Trinajstić information content (AvgIpc) is 2.49. The maximum Gasteiger partial charge on any atom is 0.119 e. The Morgan fingerprint density at radius 1 is 1.05 bits per heavy atom. The van der Waals surface area contributed by atoms with Crippen LogP contribution in [0.5, 0.6) is 5.75 Å². The molecule has 2 rings (SSSR count). The molecule has 0 aliphatic rings. The minimum absolute atomic E-state index is 0.200. The summed E-state index contributed by atoms with van der Waals surface area (Å²) in [5.74, 6) is 0.902. The summed E-state index contributed by atoms with van der Waals surface area (Å²) in [6, 6.07) is 14.0. The number of rotatable bonds is 6. The van der Waals surface area contributed by atoms with Crippen molar-refractivity contribution in [3.8, 4) is 5.75 Å². The first-order valence-electron chi connectivity index (χ1n) is 7.00. The van der Waals surface area contributed by atoms with Crippen molar-refractivity contribution in [1.29, 1.82) is 0 Å². The lowest BCUT2D eigenvalue weighted by molar-refractivity contribution is 0.340. The minimum Gasteiger partial charge on any atom is -0.494 e. The Labute approximate surface area is 136 Å². The molecule has 0 amide bonds. The van der Waals surface area contributed by atoms with Gasteiger partial charge in [0.05, 0.1) is 16.7 Å². The van der Waals surface area contributed by atoms with E-state index >= 15 is 0 Å². The Hall–Kier alpha value is -1.22. The van der Waals surface area contributed by atoms with E-state index in [-0.39, 0.29) is 6.04 Å². The highest BCUT2D eigenvalue weighted by atomic mass is 35.5. The summed E-state index contributed by atoms with van der Waals surface area (Å²) < 4.78 is 5.43. The van der Waals surface area contributed by atoms with Gasteiger partial charge in [0.25, 0.3) is 0 Å². The maximum atomic E-state index is 6.05. The summed E-state index contributed by atoms with van der Waals surface area (Å²) in [7, 11) is 0. The maximum absolute atomic E-state index is 6.05. The number of halogens is 2. The van der Waals surface area contributed by atoms with Crippen LogP contribution in [0, 0.1) is 0 Å². The fraction of sp³-hybridized carbons (Fsp3) is 0.294. The third kappa shape index (κ3) is 4.63. The van der Waals surface area contributed by atoms with Crippen molar-refractivity contribution in [2.75, 3.05) is 6.61 Å². The molecule has 0 saturated heterocycles. The fourth-order valence-corrected chi connectivity index (χ4v) is 2.35. The molecule has 1 N–H and O–H groups in total. The summed E-state index contributed by atoms with van der Waals surface area (Å²) in [5.41, 5.74) is 2.33. The van der Waals surface area contributed by atoms with Crippen molar-refractivity contribution in [2.24, 2.45) is 0 Å². The van der Waals surface area contributed by atoms with Gasteiger partial charge in [0, 0.05) is 12.6 Å². The Morgan fingerprint density at radius 2 is 1.76 bits per heavy atom. The smallest absolute Gasteiger partial charge is 0.119 e. The van der Waals surface area contributed by atoms with E-state index in [9.17, 15) is 0 Å². The normalized spacial score (nSPS) is 12.2. The third-order valence-electron chi connectivity index (χ3n) is 3.29. The highest BCUT2D eigenvalue weighted by molar-refractivity contribution is 6.42. The molecule has 21 heavy (non-hydrogen) atoms. The average molecular weight is 324 g/mol. The lowest BCUT2D eigenvalue weighted by Crippen LogP contribution is -2.18. The quantitative estimate of drug-likeness (QED) is 0.784. The minimum atomic E-state index is 0.200. The van der Waals surface area contributed by atoms with Gasteiger partial charge in [0.1, 0.15) is 5.75 Å². The Bertz CT molecular complexity index is 584. The Morgan fingerprint density at radius 3 is 2.38 bits per heavy atom. The second-order valence-electron chi connectivity index (χ2n) is 4.85. The summed E-state index contributed by atoms with van der Waals surface area (Å²) in [5, 5.41) is 4.64. The van der Waals surface area contributed by atoms with Gasteiger partial charge in [-0.05, 0) is 49.2 Å². The van der Waals surface area contributed by atoms with Gasteiger partial charge in [-0.25, -0.2) is 0 Å². The van der Waals surface area contributed by atoms with Crippen molar-refractivity contribution < 1.29 is 4.74 Å². The summed E-state index contributed by atoms with van der Waals surface area (Å²) in [6.07, 6.45) is 0. The van der Waals surface area contributed by atoms with Crippen molar-refractivity contribution in [3.05, 3.63) is 63.6 Å². The van der Waals surface area contributed by atoms with E-state index in [0.29, 0.717) is 16.7 Å². The molecule has 2 nitrogen and oxygen atoms in total. The van der Waals surface area contributed by atoms with E-state index in [1.807, 2.05) is 37.3 Å². The van der Waals surface area contributed by atoms with Gasteiger partial charge in [-0.2, -0.15) is 0 Å². The van der Waals surface area contributed by atoms with Crippen LogP contribution in [0.3, 0.4) is 0 Å². The molecule has 1 atom stereocenters. The zero-order valence-electron chi connectivity index (χ0n) is 12.2. The number of nitrogens with one attached hydrogen (secondary N) is 1. The van der Waals surface area contributed by atoms with Crippen molar-refractivity contribution in [2.45, 2.75) is 26.4 Å². The number of ether oxygens (including phenoxy) is 1. The summed E-state index contributed by atoms with van der Waals surface area (Å²) in [4.78, 5) is 0. The van der Waals surface area contributed by atoms with Crippen molar-refractivity contribution in [1.82, 2.24) is 5.32 Å². The van der Waals surface area contributed by atoms with Crippen LogP contribution < -0.4 is 10.1 Å². The zero-order valence-corrected chi connectivity index (χ0v) is 13.7. The first-order valence-corrected chi connectivity index (χ1v) is 7.76. The second kappa shape index (κ2) is 7.69. The highest BCUT2D eigenvalue weighted by Gasteiger charge is 2.07. The Kier molecular flexibility index (Phi) is 5.92. The summed E-state index contributed by atoms with van der Waals surface area (Å²) in [6.45, 7) is 5.56. The standard InChI is InChI=1S/C17H19Cl2NO/c1-3-21-15-7-4-13(5-8-15)11-20-12(2)14-6-9-16(18)17(19)10-14/h4-10,12,20H,3,11H2,1-2H3. The molecule has 0 bridgehead atoms. The van der Waals surface area contributed by atoms with Gasteiger partial charge in [-0.1, -0.05) is 41.4 Å². The van der Waals surface area contributed by atoms with Crippen LogP contribution in [0.15, 0.2) is 42.5 Å². The number of hydrogen-bond donors (Lipinski definition) is 1. The van der Waals surface area contributed by atoms with Gasteiger partial charge >= 0.3 is 0 Å². The lowest BCUT2D eigenvalue weighted by atomic mass is 10.1. The lowest BCUT2D eigenvalue weighted by Gasteiger charge is -2.15. The van der Waals surface area contributed by atoms with Crippen LogP contribution >= 0.6 is 23.2 Å². The van der Waals surface area contributed by atoms with E-state index in [1.54, 1.807) is 0 Å². The number of benzene rings is 2. The molecule has 0 saturated carbocycles. The molecule has 0 radical (unpaired) electrons. The molecule has 112 valence electrons. The molecular weight excluding hydrogens is 305 g/mol. The van der Waals surface area contributed by atoms with Crippen LogP contribution in [0.2, 0.25) is 10.0 Å². The van der Waals surface area contributed by atoms with Crippen LogP contribution in [0.25, 0.3) is 0 Å². The fourth-order valence-electron chi connectivity index (χ4n) is 2.04. The van der Waals surface area contributed by atoms with Crippen LogP contribution in [-0.4, -0.2) is 6.61 Å². The van der Waals surface area contributed by atoms with E-state index in [4.69, 9.17) is 27.9 Å². The van der Waals surface area contributed by atoms with Crippen LogP contribution in [-0.2, 0) is 6.54 Å². The largest absolute Gasteiger partial charge is 0.494 e. The first kappa shape index (κ1) is 16.2. The molecular formula is C17H19Cl2NO. The third-order valence-corrected chi connectivity index (χ3v) is 4.03. The molecule has 0 heterocycles. The van der Waals surface area contributed by atoms with E-state index in [0.717, 1.165) is 17.9 Å². The highest BCUT2D eigenvalue weighted by Crippen LogP contribution is 2.25. The Balaban J connectivity index is 1.93. The predicted octanol–water partition coefficient (Wildman–Crippen LogP) is 5.24. The molecule has 0 fully saturated rings. The topological polar surface area (TPSA) is 21.3 Å². The first-order chi connectivity index (χ1) is 10.1. The molecule has 0 spiro atoms. The van der Waals surface area contributed by atoms with Crippen LogP contribution in [0.4, 0.5) is 0 Å². The van der Waals surface area contributed by atoms with Crippen molar-refractivity contribution >= 4 is 23.2 Å². The van der Waals surface area contributed by atoms with Crippen molar-refractivity contribution in [3.63, 3.8) is 0 Å². The summed E-state index contributed by atoms with van der Waals surface area (Å²) >= 11 is 12.0. The molecule has 2 aromatic carbocycles. The van der Waals surface area contributed by atoms with Gasteiger partial charge in [0.2, 0.25) is 0 Å². The zero-order chi connectivity index (χ0) is 15.2. The molecule has 0 aromatic heterocycles. The van der Waals surface area contributed by atoms with E-state index in [2.05, 4.69) is 24.4 Å². The molecule has 1 unspecified atom stereocenters. The predicted molar refractivity (Wildman–Crippen MR) is 89.3 cm³/mol. The monoisotopic (exact) mass is 323 g/mol. The van der Waals surface area contributed by atoms with E-state index < -0.39 is 0 Å². The number of hydrogen-bond acceptors (Lipinski definition) is 2. The SMILES string of the molecule is CCOc1ccc(CNC(C)c2ccc(Cl)c(Cl)c2)cc1. The van der Waals surface area contributed by atoms with Gasteiger partial charge in [-0.15, -0.1) is 0 Å². The van der Waals surface area contributed by atoms with Gasteiger partial charge in [-0.3, -0.25) is 0 Å². The molecule has 4 heteroatoms. The van der Waals surface area contributed by atoms with Crippen LogP contribution in [0.1, 0.15) is 31.0 Å². The van der Waals surface area contributed by atoms with E-state index in [1.165, 1.54) is 5.56 Å². The van der Waals surface area contributed by atoms with Gasteiger partial charge < -0.3 is 10.1 Å². The van der Waals surface area contributed by atoms with Gasteiger partial charge in [0.15, 0.2) is 0 Å². The second-order valence-corrected chi connectivity index (χ2v) is 5.67. The molecule has 0 aliphatic heterocycles. The molecule has 0 aliphatic carbocycles. The molecule has 2 aromatic rings.